The van der Waals surface area contributed by atoms with Gasteiger partial charge in [-0.2, -0.15) is 5.26 Å². The Balaban J connectivity index is 3.22. The Morgan fingerprint density at radius 2 is 2.56 bits per heavy atom. The third kappa shape index (κ3) is 7.05. The molecule has 0 saturated heterocycles. The molecular weight excluding hydrogens is 134 g/mol. The van der Waals surface area contributed by atoms with Gasteiger partial charge in [-0.25, -0.2) is 0 Å². The third-order valence-corrected chi connectivity index (χ3v) is 1.20. The van der Waals surface area contributed by atoms with Crippen LogP contribution in [0.25, 0.3) is 0 Å². The maximum atomic E-state index is 8.00. The van der Waals surface area contributed by atoms with Crippen molar-refractivity contribution in [1.29, 1.82) is 10.7 Å². The number of amidine groups is 1. The lowest BCUT2D eigenvalue weighted by Crippen LogP contribution is -2.03. The second-order valence-corrected chi connectivity index (χ2v) is 2.27. The molecule has 4 heteroatoms. The monoisotopic (exact) mass is 141 g/mol. The molecule has 48 valence electrons. The van der Waals surface area contributed by atoms with Crippen molar-refractivity contribution in [2.24, 2.45) is 5.73 Å². The van der Waals surface area contributed by atoms with Gasteiger partial charge in [0, 0.05) is 11.8 Å². The minimum absolute atomic E-state index is 0.0811. The van der Waals surface area contributed by atoms with Crippen LogP contribution in [0.15, 0.2) is 12.2 Å². The lowest BCUT2D eigenvalue weighted by atomic mass is 10.6. The molecule has 0 fully saturated rings. The summed E-state index contributed by atoms with van der Waals surface area (Å²) < 4.78 is 0. The first kappa shape index (κ1) is 8.05. The average molecular weight is 141 g/mol. The summed E-state index contributed by atoms with van der Waals surface area (Å²) in [6.45, 7) is 0. The van der Waals surface area contributed by atoms with Gasteiger partial charge in [0.1, 0.15) is 0 Å². The summed E-state index contributed by atoms with van der Waals surface area (Å²) in [6, 6.07) is 1.84. The lowest BCUT2D eigenvalue weighted by molar-refractivity contribution is 1.50. The number of hydrogen-bond acceptors (Lipinski definition) is 3. The van der Waals surface area contributed by atoms with Crippen LogP contribution in [0.1, 0.15) is 0 Å². The number of nitrogens with two attached hydrogens (primary N) is 1. The number of nitrogens with zero attached hydrogens (tertiary/aromatic N) is 1. The van der Waals surface area contributed by atoms with E-state index in [2.05, 4.69) is 0 Å². The SMILES string of the molecule is N#CC=CCSC(=N)N. The quantitative estimate of drug-likeness (QED) is 0.337. The zero-order chi connectivity index (χ0) is 7.11. The fourth-order valence-corrected chi connectivity index (χ4v) is 0.611. The molecule has 0 bridgehead atoms. The molecule has 0 aromatic carbocycles. The predicted molar refractivity (Wildman–Crippen MR) is 39.1 cm³/mol. The van der Waals surface area contributed by atoms with E-state index >= 15 is 0 Å². The van der Waals surface area contributed by atoms with Crippen LogP contribution in [0.2, 0.25) is 0 Å². The maximum absolute atomic E-state index is 8.00. The smallest absolute Gasteiger partial charge is 0.151 e. The van der Waals surface area contributed by atoms with E-state index in [0.29, 0.717) is 5.75 Å². The first-order chi connectivity index (χ1) is 4.27. The Morgan fingerprint density at radius 3 is 3.00 bits per heavy atom. The van der Waals surface area contributed by atoms with Gasteiger partial charge in [0.25, 0.3) is 0 Å². The van der Waals surface area contributed by atoms with Crippen molar-refractivity contribution in [2.45, 2.75) is 0 Å². The fourth-order valence-electron chi connectivity index (χ4n) is 0.239. The highest BCUT2D eigenvalue weighted by Crippen LogP contribution is 1.96. The highest BCUT2D eigenvalue weighted by Gasteiger charge is 1.83. The number of hydrogen-bond donors (Lipinski definition) is 2. The van der Waals surface area contributed by atoms with Gasteiger partial charge in [-0.1, -0.05) is 17.8 Å². The standard InChI is InChI=1S/C5H7N3S/c6-3-1-2-4-9-5(7)8/h1-2H,4H2,(H3,7,8). The summed E-state index contributed by atoms with van der Waals surface area (Å²) in [7, 11) is 0. The lowest BCUT2D eigenvalue weighted by Gasteiger charge is -1.87. The molecule has 0 aliphatic heterocycles. The van der Waals surface area contributed by atoms with E-state index in [9.17, 15) is 0 Å². The summed E-state index contributed by atoms with van der Waals surface area (Å²) in [5.41, 5.74) is 5.00. The van der Waals surface area contributed by atoms with Gasteiger partial charge in [-0.3, -0.25) is 5.41 Å². The van der Waals surface area contributed by atoms with E-state index in [1.807, 2.05) is 6.07 Å². The molecule has 0 unspecified atom stereocenters. The molecule has 0 aliphatic rings. The Morgan fingerprint density at radius 1 is 1.89 bits per heavy atom. The molecule has 0 heterocycles. The van der Waals surface area contributed by atoms with Gasteiger partial charge < -0.3 is 5.73 Å². The van der Waals surface area contributed by atoms with Crippen LogP contribution in [0.3, 0.4) is 0 Å². The van der Waals surface area contributed by atoms with Crippen molar-refractivity contribution in [1.82, 2.24) is 0 Å². The van der Waals surface area contributed by atoms with Crippen LogP contribution < -0.4 is 5.73 Å². The summed E-state index contributed by atoms with van der Waals surface area (Å²) in [6.07, 6.45) is 3.03. The molecule has 0 radical (unpaired) electrons. The molecule has 3 N–H and O–H groups in total. The number of nitriles is 1. The Kier molecular flexibility index (Phi) is 4.64. The highest BCUT2D eigenvalue weighted by molar-refractivity contribution is 8.13. The van der Waals surface area contributed by atoms with Crippen molar-refractivity contribution in [2.75, 3.05) is 5.75 Å². The van der Waals surface area contributed by atoms with E-state index in [1.165, 1.54) is 17.8 Å². The molecule has 3 nitrogen and oxygen atoms in total. The summed E-state index contributed by atoms with van der Waals surface area (Å²) in [4.78, 5) is 0. The minimum Gasteiger partial charge on any atom is -0.379 e. The molecule has 0 amide bonds. The highest BCUT2D eigenvalue weighted by atomic mass is 32.2. The number of rotatable bonds is 2. The number of thioether (sulfide) groups is 1. The number of allylic oxidation sites excluding steroid dienone is 1. The van der Waals surface area contributed by atoms with Gasteiger partial charge in [-0.15, -0.1) is 0 Å². The van der Waals surface area contributed by atoms with Crippen molar-refractivity contribution >= 4 is 16.9 Å². The predicted octanol–water partition coefficient (Wildman–Crippen LogP) is 0.693. The molecule has 0 aliphatic carbocycles. The topological polar surface area (TPSA) is 73.7 Å². The van der Waals surface area contributed by atoms with Gasteiger partial charge in [-0.05, 0) is 0 Å². The van der Waals surface area contributed by atoms with E-state index < -0.39 is 0 Å². The van der Waals surface area contributed by atoms with Crippen LogP contribution in [0.4, 0.5) is 0 Å². The van der Waals surface area contributed by atoms with Crippen LogP contribution in [0.5, 0.6) is 0 Å². The Bertz CT molecular complexity index is 156. The van der Waals surface area contributed by atoms with Crippen molar-refractivity contribution in [3.05, 3.63) is 12.2 Å². The normalized spacial score (nSPS) is 9.22. The average Bonchev–Trinajstić information content (AvgIpc) is 1.80. The second-order valence-electron chi connectivity index (χ2n) is 1.21. The first-order valence-corrected chi connectivity index (χ1v) is 3.27. The molecule has 0 rings (SSSR count). The van der Waals surface area contributed by atoms with E-state index in [1.54, 1.807) is 6.08 Å². The second kappa shape index (κ2) is 5.19. The largest absolute Gasteiger partial charge is 0.379 e. The maximum Gasteiger partial charge on any atom is 0.151 e. The molecule has 0 atom stereocenters. The van der Waals surface area contributed by atoms with Crippen LogP contribution in [-0.2, 0) is 0 Å². The molecule has 0 saturated carbocycles. The van der Waals surface area contributed by atoms with Crippen LogP contribution in [0, 0.1) is 16.7 Å². The van der Waals surface area contributed by atoms with E-state index in [0.717, 1.165) is 0 Å². The minimum atomic E-state index is 0.0811. The molecule has 0 aromatic heterocycles. The van der Waals surface area contributed by atoms with E-state index in [4.69, 9.17) is 16.4 Å². The summed E-state index contributed by atoms with van der Waals surface area (Å²) in [5, 5.41) is 14.8. The Hall–Kier alpha value is -0.950. The zero-order valence-electron chi connectivity index (χ0n) is 4.79. The molecular formula is C5H7N3S. The summed E-state index contributed by atoms with van der Waals surface area (Å²) >= 11 is 1.19. The van der Waals surface area contributed by atoms with Crippen LogP contribution in [-0.4, -0.2) is 10.9 Å². The van der Waals surface area contributed by atoms with Gasteiger partial charge >= 0.3 is 0 Å². The molecule has 9 heavy (non-hydrogen) atoms. The number of nitrogens with one attached hydrogen (secondary N) is 1. The van der Waals surface area contributed by atoms with Crippen molar-refractivity contribution in [3.63, 3.8) is 0 Å². The van der Waals surface area contributed by atoms with E-state index in [-0.39, 0.29) is 5.17 Å². The third-order valence-electron chi connectivity index (χ3n) is 0.527. The van der Waals surface area contributed by atoms with Crippen molar-refractivity contribution in [3.8, 4) is 6.07 Å². The van der Waals surface area contributed by atoms with Crippen molar-refractivity contribution < 1.29 is 0 Å². The first-order valence-electron chi connectivity index (χ1n) is 2.29. The summed E-state index contributed by atoms with van der Waals surface area (Å²) in [5.74, 6) is 0.600. The van der Waals surface area contributed by atoms with Crippen LogP contribution >= 0.6 is 11.8 Å². The van der Waals surface area contributed by atoms with Gasteiger partial charge in [0.2, 0.25) is 0 Å². The molecule has 0 aromatic rings. The Labute approximate surface area is 58.1 Å². The van der Waals surface area contributed by atoms with Gasteiger partial charge in [0.05, 0.1) is 6.07 Å². The fraction of sp³-hybridized carbons (Fsp3) is 0.200. The molecule has 0 spiro atoms. The van der Waals surface area contributed by atoms with Gasteiger partial charge in [0.15, 0.2) is 5.17 Å². The zero-order valence-corrected chi connectivity index (χ0v) is 5.61.